The van der Waals surface area contributed by atoms with Crippen LogP contribution in [0.15, 0.2) is 28.7 Å². The average Bonchev–Trinajstić information content (AvgIpc) is 2.79. The molecule has 92 valence electrons. The molecule has 1 aromatic heterocycles. The van der Waals surface area contributed by atoms with Crippen LogP contribution in [0.25, 0.3) is 11.0 Å². The molecule has 0 aliphatic carbocycles. The van der Waals surface area contributed by atoms with Gasteiger partial charge < -0.3 is 9.73 Å². The number of para-hydroxylation sites is 1. The van der Waals surface area contributed by atoms with E-state index in [0.29, 0.717) is 0 Å². The minimum absolute atomic E-state index is 0.284. The van der Waals surface area contributed by atoms with Gasteiger partial charge in [-0.2, -0.15) is 0 Å². The van der Waals surface area contributed by atoms with Gasteiger partial charge in [-0.1, -0.05) is 32.0 Å². The highest BCUT2D eigenvalue weighted by Gasteiger charge is 2.12. The summed E-state index contributed by atoms with van der Waals surface area (Å²) < 4.78 is 5.99. The molecule has 0 aliphatic rings. The van der Waals surface area contributed by atoms with Crippen molar-refractivity contribution < 1.29 is 4.42 Å². The normalized spacial score (nSPS) is 13.1. The molecule has 0 aliphatic heterocycles. The number of hydrogen-bond acceptors (Lipinski definition) is 2. The third-order valence-electron chi connectivity index (χ3n) is 3.15. The zero-order valence-corrected chi connectivity index (χ0v) is 10.9. The van der Waals surface area contributed by atoms with E-state index >= 15 is 0 Å². The van der Waals surface area contributed by atoms with Crippen LogP contribution >= 0.6 is 0 Å². The van der Waals surface area contributed by atoms with Gasteiger partial charge in [0, 0.05) is 5.39 Å². The molecule has 1 N–H and O–H groups in total. The van der Waals surface area contributed by atoms with Gasteiger partial charge in [-0.25, -0.2) is 0 Å². The maximum absolute atomic E-state index is 5.99. The number of rotatable bonds is 5. The number of hydrogen-bond donors (Lipinski definition) is 1. The lowest BCUT2D eigenvalue weighted by molar-refractivity contribution is 0.451. The molecule has 2 heteroatoms. The molecule has 0 saturated heterocycles. The van der Waals surface area contributed by atoms with Gasteiger partial charge in [-0.3, -0.25) is 0 Å². The van der Waals surface area contributed by atoms with Crippen LogP contribution in [0, 0.1) is 0 Å². The summed E-state index contributed by atoms with van der Waals surface area (Å²) in [6.45, 7) is 7.51. The Labute approximate surface area is 103 Å². The molecule has 1 heterocycles. The van der Waals surface area contributed by atoms with Crippen molar-refractivity contribution in [2.24, 2.45) is 0 Å². The molecule has 2 rings (SSSR count). The molecule has 0 saturated carbocycles. The first kappa shape index (κ1) is 12.2. The largest absolute Gasteiger partial charge is 0.459 e. The Bertz CT molecular complexity index is 487. The van der Waals surface area contributed by atoms with Crippen LogP contribution in [-0.4, -0.2) is 6.54 Å². The molecular weight excluding hydrogens is 210 g/mol. The molecule has 0 amide bonds. The van der Waals surface area contributed by atoms with Crippen molar-refractivity contribution in [1.29, 1.82) is 0 Å². The van der Waals surface area contributed by atoms with Crippen molar-refractivity contribution in [1.82, 2.24) is 5.32 Å². The highest BCUT2D eigenvalue weighted by Crippen LogP contribution is 2.26. The molecular formula is C15H21NO. The summed E-state index contributed by atoms with van der Waals surface area (Å²) >= 11 is 0. The third-order valence-corrected chi connectivity index (χ3v) is 3.15. The van der Waals surface area contributed by atoms with Crippen molar-refractivity contribution >= 4 is 11.0 Å². The second-order valence-corrected chi connectivity index (χ2v) is 4.51. The van der Waals surface area contributed by atoms with Crippen molar-refractivity contribution in [3.05, 3.63) is 35.6 Å². The van der Waals surface area contributed by atoms with E-state index in [-0.39, 0.29) is 6.04 Å². The van der Waals surface area contributed by atoms with Gasteiger partial charge in [0.1, 0.15) is 11.3 Å². The fraction of sp³-hybridized carbons (Fsp3) is 0.467. The van der Waals surface area contributed by atoms with E-state index in [2.05, 4.69) is 50.4 Å². The van der Waals surface area contributed by atoms with Gasteiger partial charge in [0.15, 0.2) is 0 Å². The zero-order chi connectivity index (χ0) is 12.3. The Morgan fingerprint density at radius 3 is 2.82 bits per heavy atom. The summed E-state index contributed by atoms with van der Waals surface area (Å²) in [4.78, 5) is 0. The number of benzene rings is 1. The predicted molar refractivity (Wildman–Crippen MR) is 72.3 cm³/mol. The second-order valence-electron chi connectivity index (χ2n) is 4.51. The third kappa shape index (κ3) is 2.52. The van der Waals surface area contributed by atoms with Crippen LogP contribution in [0.3, 0.4) is 0 Å². The summed E-state index contributed by atoms with van der Waals surface area (Å²) in [5, 5.41) is 4.67. The first-order valence-corrected chi connectivity index (χ1v) is 6.51. The quantitative estimate of drug-likeness (QED) is 0.839. The molecule has 1 unspecified atom stereocenters. The minimum Gasteiger partial charge on any atom is -0.459 e. The first-order chi connectivity index (χ1) is 8.26. The molecule has 2 nitrogen and oxygen atoms in total. The number of nitrogens with one attached hydrogen (secondary N) is 1. The first-order valence-electron chi connectivity index (χ1n) is 6.51. The van der Waals surface area contributed by atoms with Gasteiger partial charge >= 0.3 is 0 Å². The van der Waals surface area contributed by atoms with Crippen molar-refractivity contribution in [2.75, 3.05) is 6.54 Å². The van der Waals surface area contributed by atoms with Gasteiger partial charge in [0.25, 0.3) is 0 Å². The van der Waals surface area contributed by atoms with Crippen LogP contribution < -0.4 is 5.32 Å². The van der Waals surface area contributed by atoms with E-state index in [4.69, 9.17) is 4.42 Å². The molecule has 0 spiro atoms. The van der Waals surface area contributed by atoms with Crippen LogP contribution in [-0.2, 0) is 6.42 Å². The lowest BCUT2D eigenvalue weighted by Gasteiger charge is -2.09. The summed E-state index contributed by atoms with van der Waals surface area (Å²) in [5.41, 5.74) is 2.34. The van der Waals surface area contributed by atoms with Crippen LogP contribution in [0.4, 0.5) is 0 Å². The van der Waals surface area contributed by atoms with Gasteiger partial charge in [-0.05, 0) is 37.9 Å². The van der Waals surface area contributed by atoms with Crippen LogP contribution in [0.2, 0.25) is 0 Å². The Hall–Kier alpha value is -1.28. The summed E-state index contributed by atoms with van der Waals surface area (Å²) in [5.74, 6) is 1.04. The minimum atomic E-state index is 0.284. The van der Waals surface area contributed by atoms with Crippen molar-refractivity contribution in [2.45, 2.75) is 39.7 Å². The molecule has 0 fully saturated rings. The molecule has 2 aromatic rings. The lowest BCUT2D eigenvalue weighted by Crippen LogP contribution is -2.18. The zero-order valence-electron chi connectivity index (χ0n) is 10.9. The molecule has 0 radical (unpaired) electrons. The molecule has 1 atom stereocenters. The fourth-order valence-electron chi connectivity index (χ4n) is 2.10. The smallest absolute Gasteiger partial charge is 0.137 e. The summed E-state index contributed by atoms with van der Waals surface area (Å²) in [6, 6.07) is 8.80. The van der Waals surface area contributed by atoms with E-state index in [0.717, 1.165) is 30.7 Å². The highest BCUT2D eigenvalue weighted by atomic mass is 16.3. The van der Waals surface area contributed by atoms with Crippen LogP contribution in [0.1, 0.15) is 44.6 Å². The molecule has 17 heavy (non-hydrogen) atoms. The van der Waals surface area contributed by atoms with E-state index < -0.39 is 0 Å². The maximum atomic E-state index is 5.99. The van der Waals surface area contributed by atoms with E-state index in [1.54, 1.807) is 0 Å². The standard InChI is InChI=1S/C15H21NO/c1-4-9-16-11(3)14-10-13-8-6-7-12(5-2)15(13)17-14/h6-8,10-11,16H,4-5,9H2,1-3H3. The fourth-order valence-corrected chi connectivity index (χ4v) is 2.10. The Morgan fingerprint density at radius 1 is 1.29 bits per heavy atom. The SMILES string of the molecule is CCCNC(C)c1cc2cccc(CC)c2o1. The van der Waals surface area contributed by atoms with E-state index in [1.165, 1.54) is 10.9 Å². The highest BCUT2D eigenvalue weighted by molar-refractivity contribution is 5.81. The van der Waals surface area contributed by atoms with E-state index in [9.17, 15) is 0 Å². The average molecular weight is 231 g/mol. The molecule has 0 bridgehead atoms. The van der Waals surface area contributed by atoms with Crippen molar-refractivity contribution in [3.8, 4) is 0 Å². The monoisotopic (exact) mass is 231 g/mol. The Balaban J connectivity index is 2.31. The van der Waals surface area contributed by atoms with Crippen LogP contribution in [0.5, 0.6) is 0 Å². The second kappa shape index (κ2) is 5.37. The Morgan fingerprint density at radius 2 is 2.12 bits per heavy atom. The predicted octanol–water partition coefficient (Wildman–Crippen LogP) is 4.06. The maximum Gasteiger partial charge on any atom is 0.137 e. The van der Waals surface area contributed by atoms with E-state index in [1.807, 2.05) is 0 Å². The summed E-state index contributed by atoms with van der Waals surface area (Å²) in [6.07, 6.45) is 2.16. The topological polar surface area (TPSA) is 25.2 Å². The summed E-state index contributed by atoms with van der Waals surface area (Å²) in [7, 11) is 0. The van der Waals surface area contributed by atoms with Crippen molar-refractivity contribution in [3.63, 3.8) is 0 Å². The van der Waals surface area contributed by atoms with Gasteiger partial charge in [0.2, 0.25) is 0 Å². The number of furan rings is 1. The van der Waals surface area contributed by atoms with Gasteiger partial charge in [0.05, 0.1) is 6.04 Å². The lowest BCUT2D eigenvalue weighted by atomic mass is 10.1. The Kier molecular flexibility index (Phi) is 3.85. The number of aryl methyl sites for hydroxylation is 1. The number of fused-ring (bicyclic) bond motifs is 1. The van der Waals surface area contributed by atoms with Gasteiger partial charge in [-0.15, -0.1) is 0 Å². The molecule has 1 aromatic carbocycles.